The Morgan fingerprint density at radius 1 is 0.609 bits per heavy atom. The topological polar surface area (TPSA) is 52.6 Å². The Labute approximate surface area is 142 Å². The fourth-order valence-electron chi connectivity index (χ4n) is 5.75. The third-order valence-electron chi connectivity index (χ3n) is 6.02. The molecule has 0 atom stereocenters. The van der Waals surface area contributed by atoms with Crippen molar-refractivity contribution in [3.8, 4) is 0 Å². The molecule has 2 rings (SSSR count). The number of nitrogens with zero attached hydrogens (tertiary/aromatic N) is 2. The molecule has 0 saturated carbocycles. The molecule has 4 heteroatoms. The van der Waals surface area contributed by atoms with E-state index in [-0.39, 0.29) is 22.2 Å². The van der Waals surface area contributed by atoms with Gasteiger partial charge in [-0.05, 0) is 99.3 Å². The van der Waals surface area contributed by atoms with E-state index in [1.54, 1.807) is 0 Å². The van der Waals surface area contributed by atoms with E-state index < -0.39 is 0 Å². The Morgan fingerprint density at radius 3 is 1.04 bits per heavy atom. The van der Waals surface area contributed by atoms with Gasteiger partial charge in [0.15, 0.2) is 0 Å². The van der Waals surface area contributed by atoms with Crippen molar-refractivity contribution >= 4 is 0 Å². The second-order valence-corrected chi connectivity index (χ2v) is 10.6. The molecule has 2 aliphatic rings. The van der Waals surface area contributed by atoms with Crippen LogP contribution in [0.25, 0.3) is 0 Å². The van der Waals surface area contributed by atoms with E-state index in [9.17, 15) is 10.4 Å². The van der Waals surface area contributed by atoms with E-state index >= 15 is 0 Å². The second kappa shape index (κ2) is 5.69. The smallest absolute Gasteiger partial charge is 0.00395 e. The number of hydrogen-bond acceptors (Lipinski definition) is 4. The van der Waals surface area contributed by atoms with E-state index in [0.29, 0.717) is 11.8 Å². The summed E-state index contributed by atoms with van der Waals surface area (Å²) in [6.45, 7) is 16.6. The molecule has 23 heavy (non-hydrogen) atoms. The minimum atomic E-state index is -0.295. The van der Waals surface area contributed by atoms with Gasteiger partial charge >= 0.3 is 0 Å². The molecule has 2 saturated heterocycles. The first-order chi connectivity index (χ1) is 10.2. The van der Waals surface area contributed by atoms with Crippen LogP contribution < -0.4 is 0 Å². The summed E-state index contributed by atoms with van der Waals surface area (Å²) in [7, 11) is 0. The molecule has 2 aliphatic heterocycles. The SMILES string of the molecule is CC1(C)CC(CC2CC(C)(C)N([O-])C(C)(C)C2)CC(C)(C)N1[O-]. The van der Waals surface area contributed by atoms with Crippen LogP contribution in [0.3, 0.4) is 0 Å². The molecule has 4 nitrogen and oxygen atoms in total. The highest BCUT2D eigenvalue weighted by molar-refractivity contribution is 5.04. The van der Waals surface area contributed by atoms with Gasteiger partial charge in [0.2, 0.25) is 0 Å². The van der Waals surface area contributed by atoms with Crippen LogP contribution in [0, 0.1) is 22.3 Å². The molecule has 2 fully saturated rings. The molecule has 0 aromatic heterocycles. The molecule has 0 unspecified atom stereocenters. The molecule has 0 spiro atoms. The minimum Gasteiger partial charge on any atom is -0.784 e. The van der Waals surface area contributed by atoms with Gasteiger partial charge in [-0.15, -0.1) is 0 Å². The molecule has 0 N–H and O–H groups in total. The molecule has 0 aromatic rings. The Morgan fingerprint density at radius 2 is 0.826 bits per heavy atom. The lowest BCUT2D eigenvalue weighted by Gasteiger charge is -2.62. The monoisotopic (exact) mass is 324 g/mol. The van der Waals surface area contributed by atoms with Gasteiger partial charge in [0.25, 0.3) is 0 Å². The van der Waals surface area contributed by atoms with Crippen LogP contribution in [0.4, 0.5) is 0 Å². The van der Waals surface area contributed by atoms with Crippen LogP contribution in [0.15, 0.2) is 0 Å². The van der Waals surface area contributed by atoms with Gasteiger partial charge in [0.05, 0.1) is 0 Å². The third-order valence-corrected chi connectivity index (χ3v) is 6.02. The fourth-order valence-corrected chi connectivity index (χ4v) is 5.75. The summed E-state index contributed by atoms with van der Waals surface area (Å²) in [6, 6.07) is 0. The van der Waals surface area contributed by atoms with Crippen molar-refractivity contribution in [2.24, 2.45) is 11.8 Å². The number of rotatable bonds is 2. The minimum absolute atomic E-state index is 0.295. The number of piperidine rings is 2. The lowest BCUT2D eigenvalue weighted by Crippen LogP contribution is -2.59. The summed E-state index contributed by atoms with van der Waals surface area (Å²) in [5, 5.41) is 27.7. The first-order valence-electron chi connectivity index (χ1n) is 9.12. The molecule has 0 aliphatic carbocycles. The van der Waals surface area contributed by atoms with Gasteiger partial charge < -0.3 is 20.5 Å². The molecular formula is C19H36N2O2-2. The zero-order valence-corrected chi connectivity index (χ0v) is 16.4. The zero-order chi connectivity index (χ0) is 17.8. The molecule has 0 aromatic carbocycles. The van der Waals surface area contributed by atoms with Gasteiger partial charge in [-0.25, -0.2) is 0 Å². The highest BCUT2D eigenvalue weighted by Crippen LogP contribution is 2.47. The summed E-state index contributed by atoms with van der Waals surface area (Å²) in [4.78, 5) is 0. The predicted octanol–water partition coefficient (Wildman–Crippen LogP) is 4.91. The standard InChI is InChI=1S/C19H36N2O2/c1-16(2)10-14(11-17(3,4)20(16)22)9-15-12-18(5,6)21(23)19(7,8)13-15/h14-15H,9-13H2,1-8H3/q-2. The van der Waals surface area contributed by atoms with Gasteiger partial charge in [-0.2, -0.15) is 0 Å². The van der Waals surface area contributed by atoms with Crippen LogP contribution in [0.2, 0.25) is 0 Å². The van der Waals surface area contributed by atoms with Gasteiger partial charge in [-0.1, -0.05) is 0 Å². The summed E-state index contributed by atoms with van der Waals surface area (Å²) >= 11 is 0. The van der Waals surface area contributed by atoms with Gasteiger partial charge in [0, 0.05) is 22.2 Å². The fraction of sp³-hybridized carbons (Fsp3) is 1.00. The van der Waals surface area contributed by atoms with E-state index in [4.69, 9.17) is 0 Å². The number of hydrogen-bond donors (Lipinski definition) is 0. The number of hydroxylamine groups is 4. The maximum atomic E-state index is 12.5. The Hall–Kier alpha value is -0.160. The maximum absolute atomic E-state index is 12.5. The quantitative estimate of drug-likeness (QED) is 0.724. The van der Waals surface area contributed by atoms with Crippen LogP contribution in [-0.2, 0) is 0 Å². The molecule has 0 bridgehead atoms. The third kappa shape index (κ3) is 3.76. The van der Waals surface area contributed by atoms with E-state index in [1.807, 2.05) is 0 Å². The van der Waals surface area contributed by atoms with Gasteiger partial charge in [0.1, 0.15) is 0 Å². The Bertz CT molecular complexity index is 367. The largest absolute Gasteiger partial charge is 0.784 e. The van der Waals surface area contributed by atoms with Crippen molar-refractivity contribution in [3.05, 3.63) is 10.4 Å². The van der Waals surface area contributed by atoms with Crippen molar-refractivity contribution in [1.29, 1.82) is 0 Å². The van der Waals surface area contributed by atoms with E-state index in [2.05, 4.69) is 55.4 Å². The first kappa shape index (κ1) is 19.2. The van der Waals surface area contributed by atoms with E-state index in [0.717, 1.165) is 32.1 Å². The Kier molecular flexibility index (Phi) is 4.74. The lowest BCUT2D eigenvalue weighted by molar-refractivity contribution is -0.0422. The average molecular weight is 325 g/mol. The van der Waals surface area contributed by atoms with Crippen LogP contribution >= 0.6 is 0 Å². The Balaban J connectivity index is 2.10. The second-order valence-electron chi connectivity index (χ2n) is 10.6. The maximum Gasteiger partial charge on any atom is 0.00395 e. The van der Waals surface area contributed by atoms with Crippen LogP contribution in [0.5, 0.6) is 0 Å². The van der Waals surface area contributed by atoms with Crippen molar-refractivity contribution in [2.75, 3.05) is 0 Å². The zero-order valence-electron chi connectivity index (χ0n) is 16.4. The molecular weight excluding hydrogens is 288 g/mol. The van der Waals surface area contributed by atoms with Crippen LogP contribution in [0.1, 0.15) is 87.5 Å². The average Bonchev–Trinajstić information content (AvgIpc) is 2.31. The summed E-state index contributed by atoms with van der Waals surface area (Å²) in [5.74, 6) is 1.14. The summed E-state index contributed by atoms with van der Waals surface area (Å²) in [6.07, 6.45) is 4.97. The molecule has 2 heterocycles. The van der Waals surface area contributed by atoms with Crippen molar-refractivity contribution in [3.63, 3.8) is 0 Å². The highest BCUT2D eigenvalue weighted by Gasteiger charge is 2.44. The normalized spacial score (nSPS) is 32.1. The van der Waals surface area contributed by atoms with Crippen LogP contribution in [-0.4, -0.2) is 32.3 Å². The van der Waals surface area contributed by atoms with Gasteiger partial charge in [-0.3, -0.25) is 0 Å². The van der Waals surface area contributed by atoms with E-state index in [1.165, 1.54) is 10.1 Å². The van der Waals surface area contributed by atoms with Crippen molar-refractivity contribution in [1.82, 2.24) is 10.1 Å². The first-order valence-corrected chi connectivity index (χ1v) is 9.12. The predicted molar refractivity (Wildman–Crippen MR) is 96.8 cm³/mol. The molecule has 0 amide bonds. The summed E-state index contributed by atoms with van der Waals surface area (Å²) < 4.78 is 0. The lowest BCUT2D eigenvalue weighted by atomic mass is 9.67. The van der Waals surface area contributed by atoms with Crippen molar-refractivity contribution < 1.29 is 0 Å². The molecule has 0 radical (unpaired) electrons. The summed E-state index contributed by atoms with van der Waals surface area (Å²) in [5.41, 5.74) is -1.18. The highest BCUT2D eigenvalue weighted by atomic mass is 16.5. The van der Waals surface area contributed by atoms with Crippen molar-refractivity contribution in [2.45, 2.75) is 110 Å². The molecule has 136 valence electrons.